The van der Waals surface area contributed by atoms with E-state index in [1.165, 1.54) is 0 Å². The summed E-state index contributed by atoms with van der Waals surface area (Å²) < 4.78 is 12.4. The summed E-state index contributed by atoms with van der Waals surface area (Å²) in [4.78, 5) is 12.5. The SMILES string of the molecule is COc1ccc(CCNC(=O)c2nnn(C3CCNCC3)c2C)cc1OC. The number of carbonyl (C=O) groups is 1. The lowest BCUT2D eigenvalue weighted by atomic mass is 10.1. The maximum atomic E-state index is 12.5. The Kier molecular flexibility index (Phi) is 6.28. The Hall–Kier alpha value is -2.61. The molecule has 0 aliphatic carbocycles. The van der Waals surface area contributed by atoms with Gasteiger partial charge in [0.15, 0.2) is 17.2 Å². The highest BCUT2D eigenvalue weighted by Crippen LogP contribution is 2.27. The van der Waals surface area contributed by atoms with E-state index < -0.39 is 0 Å². The zero-order valence-electron chi connectivity index (χ0n) is 16.1. The van der Waals surface area contributed by atoms with Crippen LogP contribution in [0.25, 0.3) is 0 Å². The summed E-state index contributed by atoms with van der Waals surface area (Å²) in [7, 11) is 3.22. The zero-order chi connectivity index (χ0) is 19.2. The van der Waals surface area contributed by atoms with Gasteiger partial charge in [-0.15, -0.1) is 5.10 Å². The normalized spacial score (nSPS) is 14.8. The molecule has 1 aliphatic heterocycles. The lowest BCUT2D eigenvalue weighted by Gasteiger charge is -2.23. The third-order valence-corrected chi connectivity index (χ3v) is 4.94. The molecule has 0 spiro atoms. The molecular formula is C19H27N5O3. The van der Waals surface area contributed by atoms with Gasteiger partial charge in [0.2, 0.25) is 0 Å². The fraction of sp³-hybridized carbons (Fsp3) is 0.526. The highest BCUT2D eigenvalue weighted by atomic mass is 16.5. The predicted octanol–water partition coefficient (Wildman–Crippen LogP) is 1.50. The molecule has 0 atom stereocenters. The van der Waals surface area contributed by atoms with Gasteiger partial charge in [-0.2, -0.15) is 0 Å². The Morgan fingerprint density at radius 3 is 2.70 bits per heavy atom. The van der Waals surface area contributed by atoms with Crippen molar-refractivity contribution in [3.63, 3.8) is 0 Å². The standard InChI is InChI=1S/C19H27N5O3/c1-13-18(22-23-24(13)15-7-9-20-10-8-15)19(25)21-11-6-14-4-5-16(26-2)17(12-14)27-3/h4-5,12,15,20H,6-11H2,1-3H3,(H,21,25). The summed E-state index contributed by atoms with van der Waals surface area (Å²) in [5.41, 5.74) is 2.29. The molecule has 2 heterocycles. The first-order valence-corrected chi connectivity index (χ1v) is 9.25. The number of ether oxygens (including phenoxy) is 2. The highest BCUT2D eigenvalue weighted by Gasteiger charge is 2.22. The van der Waals surface area contributed by atoms with E-state index in [9.17, 15) is 4.79 Å². The van der Waals surface area contributed by atoms with Crippen LogP contribution >= 0.6 is 0 Å². The average Bonchev–Trinajstić information content (AvgIpc) is 3.09. The predicted molar refractivity (Wildman–Crippen MR) is 101 cm³/mol. The summed E-state index contributed by atoms with van der Waals surface area (Å²) >= 11 is 0. The number of piperidine rings is 1. The number of methoxy groups -OCH3 is 2. The number of nitrogens with zero attached hydrogens (tertiary/aromatic N) is 3. The zero-order valence-corrected chi connectivity index (χ0v) is 16.1. The monoisotopic (exact) mass is 373 g/mol. The summed E-state index contributed by atoms with van der Waals surface area (Å²) in [6.45, 7) is 4.35. The van der Waals surface area contributed by atoms with Gasteiger partial charge in [-0.3, -0.25) is 4.79 Å². The largest absolute Gasteiger partial charge is 0.493 e. The van der Waals surface area contributed by atoms with Crippen LogP contribution in [0.15, 0.2) is 18.2 Å². The summed E-state index contributed by atoms with van der Waals surface area (Å²) in [5, 5.41) is 14.6. The van der Waals surface area contributed by atoms with Gasteiger partial charge in [0.1, 0.15) is 0 Å². The van der Waals surface area contributed by atoms with Crippen LogP contribution in [0.3, 0.4) is 0 Å². The van der Waals surface area contributed by atoms with Crippen LogP contribution in [0.4, 0.5) is 0 Å². The lowest BCUT2D eigenvalue weighted by Crippen LogP contribution is -2.30. The molecule has 146 valence electrons. The molecule has 3 rings (SSSR count). The van der Waals surface area contributed by atoms with Gasteiger partial charge in [0.05, 0.1) is 26.0 Å². The molecule has 0 radical (unpaired) electrons. The van der Waals surface area contributed by atoms with Crippen LogP contribution < -0.4 is 20.1 Å². The van der Waals surface area contributed by atoms with Crippen LogP contribution in [0.5, 0.6) is 11.5 Å². The fourth-order valence-corrected chi connectivity index (χ4v) is 3.39. The van der Waals surface area contributed by atoms with Crippen LogP contribution in [0.2, 0.25) is 0 Å². The number of benzene rings is 1. The van der Waals surface area contributed by atoms with E-state index in [-0.39, 0.29) is 5.91 Å². The molecule has 27 heavy (non-hydrogen) atoms. The second-order valence-electron chi connectivity index (χ2n) is 6.64. The van der Waals surface area contributed by atoms with Gasteiger partial charge in [0.25, 0.3) is 5.91 Å². The van der Waals surface area contributed by atoms with Crippen molar-refractivity contribution in [2.75, 3.05) is 33.9 Å². The second-order valence-corrected chi connectivity index (χ2v) is 6.64. The van der Waals surface area contributed by atoms with E-state index in [0.29, 0.717) is 36.2 Å². The molecule has 1 amide bonds. The Morgan fingerprint density at radius 1 is 1.26 bits per heavy atom. The number of amides is 1. The van der Waals surface area contributed by atoms with Crippen molar-refractivity contribution in [3.8, 4) is 11.5 Å². The van der Waals surface area contributed by atoms with Crippen LogP contribution in [-0.2, 0) is 6.42 Å². The molecule has 8 nitrogen and oxygen atoms in total. The molecule has 2 N–H and O–H groups in total. The first-order chi connectivity index (χ1) is 13.1. The topological polar surface area (TPSA) is 90.3 Å². The molecule has 1 saturated heterocycles. The van der Waals surface area contributed by atoms with E-state index in [1.54, 1.807) is 14.2 Å². The Bertz CT molecular complexity index is 784. The molecule has 0 unspecified atom stereocenters. The smallest absolute Gasteiger partial charge is 0.273 e. The third kappa shape index (κ3) is 4.39. The fourth-order valence-electron chi connectivity index (χ4n) is 3.39. The summed E-state index contributed by atoms with van der Waals surface area (Å²) in [6.07, 6.45) is 2.70. The van der Waals surface area contributed by atoms with Gasteiger partial charge in [-0.05, 0) is 57.0 Å². The van der Waals surface area contributed by atoms with Gasteiger partial charge >= 0.3 is 0 Å². The molecule has 8 heteroatoms. The van der Waals surface area contributed by atoms with Crippen molar-refractivity contribution in [2.24, 2.45) is 0 Å². The summed E-state index contributed by atoms with van der Waals surface area (Å²) in [6, 6.07) is 6.06. The van der Waals surface area contributed by atoms with Crippen molar-refractivity contribution in [3.05, 3.63) is 35.2 Å². The molecule has 0 bridgehead atoms. The highest BCUT2D eigenvalue weighted by molar-refractivity contribution is 5.93. The minimum absolute atomic E-state index is 0.187. The second kappa shape index (κ2) is 8.85. The van der Waals surface area contributed by atoms with Crippen molar-refractivity contribution in [1.29, 1.82) is 0 Å². The van der Waals surface area contributed by atoms with Crippen LogP contribution in [-0.4, -0.2) is 54.8 Å². The molecule has 1 aromatic carbocycles. The van der Waals surface area contributed by atoms with Gasteiger partial charge in [-0.1, -0.05) is 11.3 Å². The molecule has 1 aliphatic rings. The van der Waals surface area contributed by atoms with Crippen molar-refractivity contribution in [2.45, 2.75) is 32.2 Å². The number of rotatable bonds is 7. The van der Waals surface area contributed by atoms with Gasteiger partial charge < -0.3 is 20.1 Å². The van der Waals surface area contributed by atoms with E-state index in [2.05, 4.69) is 20.9 Å². The number of nitrogens with one attached hydrogen (secondary N) is 2. The quantitative estimate of drug-likeness (QED) is 0.764. The third-order valence-electron chi connectivity index (χ3n) is 4.94. The molecule has 2 aromatic rings. The van der Waals surface area contributed by atoms with E-state index in [4.69, 9.17) is 9.47 Å². The number of aromatic nitrogens is 3. The van der Waals surface area contributed by atoms with Crippen molar-refractivity contribution in [1.82, 2.24) is 25.6 Å². The lowest BCUT2D eigenvalue weighted by molar-refractivity contribution is 0.0948. The average molecular weight is 373 g/mol. The van der Waals surface area contributed by atoms with E-state index >= 15 is 0 Å². The first-order valence-electron chi connectivity index (χ1n) is 9.25. The maximum absolute atomic E-state index is 12.5. The van der Waals surface area contributed by atoms with Gasteiger partial charge in [0, 0.05) is 6.54 Å². The van der Waals surface area contributed by atoms with E-state index in [0.717, 1.165) is 37.2 Å². The van der Waals surface area contributed by atoms with Crippen LogP contribution in [0, 0.1) is 6.92 Å². The molecule has 1 fully saturated rings. The minimum atomic E-state index is -0.187. The molecule has 1 aromatic heterocycles. The Labute approximate surface area is 159 Å². The molecular weight excluding hydrogens is 346 g/mol. The number of hydrogen-bond donors (Lipinski definition) is 2. The molecule has 0 saturated carbocycles. The van der Waals surface area contributed by atoms with Crippen molar-refractivity contribution >= 4 is 5.91 Å². The van der Waals surface area contributed by atoms with Gasteiger partial charge in [-0.25, -0.2) is 4.68 Å². The number of hydrogen-bond acceptors (Lipinski definition) is 6. The van der Waals surface area contributed by atoms with Crippen LogP contribution in [0.1, 0.15) is 40.6 Å². The maximum Gasteiger partial charge on any atom is 0.273 e. The number of carbonyl (C=O) groups excluding carboxylic acids is 1. The van der Waals surface area contributed by atoms with E-state index in [1.807, 2.05) is 29.8 Å². The van der Waals surface area contributed by atoms with Crippen molar-refractivity contribution < 1.29 is 14.3 Å². The Morgan fingerprint density at radius 2 is 2.00 bits per heavy atom. The minimum Gasteiger partial charge on any atom is -0.493 e. The first kappa shape index (κ1) is 19.2. The summed E-state index contributed by atoms with van der Waals surface area (Å²) in [5.74, 6) is 1.19. The Balaban J connectivity index is 1.57.